The summed E-state index contributed by atoms with van der Waals surface area (Å²) in [6.45, 7) is 4.68. The Labute approximate surface area is 153 Å². The average Bonchev–Trinajstić information content (AvgIpc) is 3.15. The van der Waals surface area contributed by atoms with E-state index in [4.69, 9.17) is 4.74 Å². The third-order valence-electron chi connectivity index (χ3n) is 4.05. The molecule has 132 valence electrons. The molecule has 0 atom stereocenters. The van der Waals surface area contributed by atoms with E-state index in [1.165, 1.54) is 33.8 Å². The van der Waals surface area contributed by atoms with Gasteiger partial charge >= 0.3 is 11.0 Å². The lowest BCUT2D eigenvalue weighted by molar-refractivity contribution is 0.157. The summed E-state index contributed by atoms with van der Waals surface area (Å²) >= 11 is 2.73. The van der Waals surface area contributed by atoms with Crippen LogP contribution in [0, 0.1) is 0 Å². The summed E-state index contributed by atoms with van der Waals surface area (Å²) in [5.74, 6) is 0. The molecule has 0 aliphatic heterocycles. The highest BCUT2D eigenvalue weighted by molar-refractivity contribution is 7.16. The Hall–Kier alpha value is -2.12. The maximum absolute atomic E-state index is 12.1. The number of hydrogen-bond acceptors (Lipinski definition) is 5. The highest BCUT2D eigenvalue weighted by Gasteiger charge is 2.13. The monoisotopic (exact) mass is 376 g/mol. The van der Waals surface area contributed by atoms with Crippen molar-refractivity contribution in [1.29, 1.82) is 0 Å². The maximum atomic E-state index is 12.1. The van der Waals surface area contributed by atoms with Gasteiger partial charge in [0.1, 0.15) is 11.6 Å². The smallest absolute Gasteiger partial charge is 0.412 e. The number of ether oxygens (including phenoxy) is 1. The van der Waals surface area contributed by atoms with Crippen LogP contribution in [0.15, 0.2) is 34.4 Å². The van der Waals surface area contributed by atoms with Gasteiger partial charge in [0.25, 0.3) is 0 Å². The van der Waals surface area contributed by atoms with Crippen molar-refractivity contribution in [1.82, 2.24) is 4.57 Å². The van der Waals surface area contributed by atoms with Crippen LogP contribution in [-0.2, 0) is 24.1 Å². The third kappa shape index (κ3) is 3.77. The number of aromatic nitrogens is 1. The quantitative estimate of drug-likeness (QED) is 0.689. The molecule has 0 fully saturated rings. The van der Waals surface area contributed by atoms with Crippen molar-refractivity contribution < 1.29 is 9.53 Å². The number of nitrogens with zero attached hydrogens (tertiary/aromatic N) is 1. The molecule has 0 saturated carbocycles. The van der Waals surface area contributed by atoms with E-state index in [1.807, 2.05) is 24.3 Å². The number of anilines is 1. The second-order valence-corrected chi connectivity index (χ2v) is 7.40. The molecule has 0 saturated heterocycles. The molecule has 3 rings (SSSR count). The Morgan fingerprint density at radius 2 is 2.04 bits per heavy atom. The number of hydrogen-bond donors (Lipinski definition) is 1. The number of carbonyl (C=O) groups excluding carboxylic acids is 1. The van der Waals surface area contributed by atoms with Crippen LogP contribution in [0.1, 0.15) is 25.0 Å². The van der Waals surface area contributed by atoms with E-state index in [0.29, 0.717) is 6.54 Å². The van der Waals surface area contributed by atoms with Gasteiger partial charge < -0.3 is 4.74 Å². The molecule has 0 aliphatic carbocycles. The average molecular weight is 377 g/mol. The van der Waals surface area contributed by atoms with Crippen LogP contribution in [0.2, 0.25) is 0 Å². The number of thiazole rings is 1. The van der Waals surface area contributed by atoms with Gasteiger partial charge in [-0.05, 0) is 41.5 Å². The van der Waals surface area contributed by atoms with Gasteiger partial charge in [0.2, 0.25) is 0 Å². The van der Waals surface area contributed by atoms with Crippen LogP contribution in [0.4, 0.5) is 9.80 Å². The maximum Gasteiger partial charge on any atom is 0.412 e. The Morgan fingerprint density at radius 3 is 2.80 bits per heavy atom. The number of fused-ring (bicyclic) bond motifs is 1. The fraction of sp³-hybridized carbons (Fsp3) is 0.333. The molecule has 7 heteroatoms. The summed E-state index contributed by atoms with van der Waals surface area (Å²) in [4.78, 5) is 24.1. The first-order valence-corrected chi connectivity index (χ1v) is 9.95. The summed E-state index contributed by atoms with van der Waals surface area (Å²) < 4.78 is 7.85. The van der Waals surface area contributed by atoms with Crippen LogP contribution in [0.25, 0.3) is 10.2 Å². The van der Waals surface area contributed by atoms with Crippen LogP contribution in [0.5, 0.6) is 0 Å². The summed E-state index contributed by atoms with van der Waals surface area (Å²) in [6.07, 6.45) is 1.34. The van der Waals surface area contributed by atoms with Gasteiger partial charge in [-0.3, -0.25) is 14.7 Å². The molecule has 0 spiro atoms. The van der Waals surface area contributed by atoms with Crippen molar-refractivity contribution in [2.45, 2.75) is 33.2 Å². The van der Waals surface area contributed by atoms with Gasteiger partial charge in [0.15, 0.2) is 0 Å². The number of nitrogens with one attached hydrogen (secondary N) is 1. The minimum absolute atomic E-state index is 0.0377. The minimum Gasteiger partial charge on any atom is -0.447 e. The predicted octanol–water partition coefficient (Wildman–Crippen LogP) is 4.50. The van der Waals surface area contributed by atoms with Crippen LogP contribution in [0.3, 0.4) is 0 Å². The molecular formula is C18H20N2O3S2. The highest BCUT2D eigenvalue weighted by Crippen LogP contribution is 2.29. The molecule has 0 bridgehead atoms. The first kappa shape index (κ1) is 17.7. The zero-order valence-electron chi connectivity index (χ0n) is 14.2. The number of benzene rings is 1. The molecule has 2 heterocycles. The van der Waals surface area contributed by atoms with E-state index in [0.717, 1.165) is 28.1 Å². The Kier molecular flexibility index (Phi) is 5.55. The van der Waals surface area contributed by atoms with Crippen molar-refractivity contribution >= 4 is 44.0 Å². The largest absolute Gasteiger partial charge is 0.447 e. The summed E-state index contributed by atoms with van der Waals surface area (Å²) in [7, 11) is 0. The van der Waals surface area contributed by atoms with E-state index in [9.17, 15) is 9.59 Å². The van der Waals surface area contributed by atoms with Crippen LogP contribution in [-0.4, -0.2) is 17.3 Å². The van der Waals surface area contributed by atoms with Crippen molar-refractivity contribution in [3.63, 3.8) is 0 Å². The first-order valence-electron chi connectivity index (χ1n) is 8.25. The zero-order valence-corrected chi connectivity index (χ0v) is 15.8. The Morgan fingerprint density at radius 1 is 1.24 bits per heavy atom. The minimum atomic E-state index is -0.480. The number of aryl methyl sites for hydroxylation is 1. The molecule has 5 nitrogen and oxygen atoms in total. The van der Waals surface area contributed by atoms with Crippen molar-refractivity contribution in [2.24, 2.45) is 0 Å². The highest BCUT2D eigenvalue weighted by atomic mass is 32.1. The lowest BCUT2D eigenvalue weighted by Gasteiger charge is -2.08. The molecule has 0 radical (unpaired) electrons. The Balaban J connectivity index is 1.60. The number of para-hydroxylation sites is 1. The van der Waals surface area contributed by atoms with E-state index < -0.39 is 6.09 Å². The second-order valence-electron chi connectivity index (χ2n) is 5.52. The van der Waals surface area contributed by atoms with Gasteiger partial charge in [-0.1, -0.05) is 37.3 Å². The van der Waals surface area contributed by atoms with Gasteiger partial charge in [0.05, 0.1) is 16.8 Å². The summed E-state index contributed by atoms with van der Waals surface area (Å²) in [6, 6.07) is 7.62. The number of carbonyl (C=O) groups is 1. The number of amides is 1. The Bertz CT molecular complexity index is 939. The molecule has 2 aromatic heterocycles. The van der Waals surface area contributed by atoms with Gasteiger partial charge in [-0.25, -0.2) is 4.79 Å². The lowest BCUT2D eigenvalue weighted by atomic mass is 10.1. The summed E-state index contributed by atoms with van der Waals surface area (Å²) in [5.41, 5.74) is 3.31. The second kappa shape index (κ2) is 7.84. The van der Waals surface area contributed by atoms with Crippen LogP contribution < -0.4 is 10.2 Å². The van der Waals surface area contributed by atoms with E-state index >= 15 is 0 Å². The fourth-order valence-electron chi connectivity index (χ4n) is 2.79. The molecule has 1 amide bonds. The van der Waals surface area contributed by atoms with E-state index in [1.54, 1.807) is 4.57 Å². The molecule has 0 unspecified atom stereocenters. The van der Waals surface area contributed by atoms with Crippen molar-refractivity contribution in [3.05, 3.63) is 50.4 Å². The summed E-state index contributed by atoms with van der Waals surface area (Å²) in [5, 5.41) is 5.75. The number of rotatable bonds is 6. The normalized spacial score (nSPS) is 11.0. The molecule has 1 aromatic carbocycles. The van der Waals surface area contributed by atoms with Gasteiger partial charge in [-0.2, -0.15) is 0 Å². The molecule has 0 aliphatic rings. The molecule has 1 N–H and O–H groups in total. The molecule has 25 heavy (non-hydrogen) atoms. The van der Waals surface area contributed by atoms with Crippen molar-refractivity contribution in [3.8, 4) is 0 Å². The molecule has 3 aromatic rings. The zero-order chi connectivity index (χ0) is 17.8. The number of thiophene rings is 1. The lowest BCUT2D eigenvalue weighted by Crippen LogP contribution is -2.20. The SMILES string of the molecule is CCc1csc(NC(=O)OCCn2c(=O)sc3ccccc32)c1CC. The van der Waals surface area contributed by atoms with Gasteiger partial charge in [0, 0.05) is 0 Å². The van der Waals surface area contributed by atoms with E-state index in [2.05, 4.69) is 24.5 Å². The van der Waals surface area contributed by atoms with Crippen LogP contribution >= 0.6 is 22.7 Å². The standard InChI is InChI=1S/C18H20N2O3S2/c1-3-12-11-24-16(13(12)4-2)19-17(21)23-10-9-20-14-7-5-6-8-15(14)25-18(20)22/h5-8,11H,3-4,9-10H2,1-2H3,(H,19,21). The predicted molar refractivity (Wildman–Crippen MR) is 104 cm³/mol. The van der Waals surface area contributed by atoms with Gasteiger partial charge in [-0.15, -0.1) is 11.3 Å². The van der Waals surface area contributed by atoms with E-state index in [-0.39, 0.29) is 11.5 Å². The topological polar surface area (TPSA) is 60.3 Å². The van der Waals surface area contributed by atoms with Crippen molar-refractivity contribution in [2.75, 3.05) is 11.9 Å². The molecular weight excluding hydrogens is 356 g/mol. The first-order chi connectivity index (χ1) is 12.1. The fourth-order valence-corrected chi connectivity index (χ4v) is 4.84. The third-order valence-corrected chi connectivity index (χ3v) is 6.00.